The molecule has 1 fully saturated rings. The van der Waals surface area contributed by atoms with Crippen LogP contribution in [0.2, 0.25) is 0 Å². The third-order valence-corrected chi connectivity index (χ3v) is 4.36. The minimum absolute atomic E-state index is 0.0268. The van der Waals surface area contributed by atoms with Crippen molar-refractivity contribution in [3.63, 3.8) is 0 Å². The van der Waals surface area contributed by atoms with Gasteiger partial charge in [-0.15, -0.1) is 0 Å². The predicted octanol–water partition coefficient (Wildman–Crippen LogP) is 1.91. The standard InChI is InChI=1S/C19H22FN3O3/c1-2-15-10-18(25)23(12-17(24)21-11-16-7-4-8-26-16)19(22-15)13-5-3-6-14(20)9-13/h3,5-6,9-10,16H,2,4,7-8,11-12H2,1H3,(H,21,24). The smallest absolute Gasteiger partial charge is 0.254 e. The molecule has 0 aliphatic carbocycles. The van der Waals surface area contributed by atoms with Crippen LogP contribution in [-0.2, 0) is 22.5 Å². The molecular formula is C19H22FN3O3. The van der Waals surface area contributed by atoms with Gasteiger partial charge in [-0.2, -0.15) is 0 Å². The van der Waals surface area contributed by atoms with E-state index >= 15 is 0 Å². The number of aromatic nitrogens is 2. The molecule has 1 N–H and O–H groups in total. The molecule has 0 saturated carbocycles. The van der Waals surface area contributed by atoms with E-state index in [0.29, 0.717) is 36.7 Å². The number of hydrogen-bond donors (Lipinski definition) is 1. The van der Waals surface area contributed by atoms with Gasteiger partial charge in [0.2, 0.25) is 5.91 Å². The molecule has 2 heterocycles. The van der Waals surface area contributed by atoms with Crippen LogP contribution in [0.1, 0.15) is 25.5 Å². The van der Waals surface area contributed by atoms with Crippen molar-refractivity contribution < 1.29 is 13.9 Å². The first-order valence-electron chi connectivity index (χ1n) is 8.82. The number of hydrogen-bond acceptors (Lipinski definition) is 4. The summed E-state index contributed by atoms with van der Waals surface area (Å²) >= 11 is 0. The van der Waals surface area contributed by atoms with Gasteiger partial charge in [0.05, 0.1) is 6.10 Å². The molecule has 1 aliphatic heterocycles. The van der Waals surface area contributed by atoms with Crippen molar-refractivity contribution in [2.45, 2.75) is 38.8 Å². The Hall–Kier alpha value is -2.54. The van der Waals surface area contributed by atoms with Crippen LogP contribution >= 0.6 is 0 Å². The van der Waals surface area contributed by atoms with Crippen LogP contribution in [-0.4, -0.2) is 34.7 Å². The number of halogens is 1. The van der Waals surface area contributed by atoms with E-state index in [-0.39, 0.29) is 24.1 Å². The number of rotatable bonds is 6. The fraction of sp³-hybridized carbons (Fsp3) is 0.421. The summed E-state index contributed by atoms with van der Waals surface area (Å²) in [4.78, 5) is 29.2. The van der Waals surface area contributed by atoms with E-state index in [1.807, 2.05) is 6.92 Å². The fourth-order valence-corrected chi connectivity index (χ4v) is 2.97. The van der Waals surface area contributed by atoms with Gasteiger partial charge in [-0.25, -0.2) is 9.37 Å². The molecule has 1 aromatic heterocycles. The minimum Gasteiger partial charge on any atom is -0.376 e. The van der Waals surface area contributed by atoms with Crippen molar-refractivity contribution in [1.29, 1.82) is 0 Å². The van der Waals surface area contributed by atoms with Crippen LogP contribution < -0.4 is 10.9 Å². The van der Waals surface area contributed by atoms with Gasteiger partial charge in [-0.1, -0.05) is 19.1 Å². The van der Waals surface area contributed by atoms with Gasteiger partial charge in [-0.3, -0.25) is 14.2 Å². The fourth-order valence-electron chi connectivity index (χ4n) is 2.97. The summed E-state index contributed by atoms with van der Waals surface area (Å²) in [5.41, 5.74) is 0.734. The van der Waals surface area contributed by atoms with Crippen LogP contribution in [0.15, 0.2) is 35.1 Å². The zero-order chi connectivity index (χ0) is 18.5. The number of amides is 1. The number of ether oxygens (including phenoxy) is 1. The van der Waals surface area contributed by atoms with E-state index in [4.69, 9.17) is 4.74 Å². The molecule has 26 heavy (non-hydrogen) atoms. The minimum atomic E-state index is -0.423. The zero-order valence-corrected chi connectivity index (χ0v) is 14.7. The Morgan fingerprint density at radius 2 is 2.27 bits per heavy atom. The van der Waals surface area contributed by atoms with Gasteiger partial charge in [0.1, 0.15) is 18.2 Å². The first-order valence-corrected chi connectivity index (χ1v) is 8.82. The number of carbonyl (C=O) groups excluding carboxylic acids is 1. The van der Waals surface area contributed by atoms with Crippen LogP contribution in [0.4, 0.5) is 4.39 Å². The Bertz CT molecular complexity index is 844. The molecule has 1 amide bonds. The molecule has 1 saturated heterocycles. The molecule has 1 atom stereocenters. The monoisotopic (exact) mass is 359 g/mol. The lowest BCUT2D eigenvalue weighted by Crippen LogP contribution is -2.37. The third kappa shape index (κ3) is 4.35. The van der Waals surface area contributed by atoms with Crippen LogP contribution in [0.5, 0.6) is 0 Å². The van der Waals surface area contributed by atoms with Crippen LogP contribution in [0.3, 0.4) is 0 Å². The summed E-state index contributed by atoms with van der Waals surface area (Å²) in [6.07, 6.45) is 2.51. The Morgan fingerprint density at radius 1 is 1.42 bits per heavy atom. The Labute approximate surface area is 151 Å². The van der Waals surface area contributed by atoms with Crippen molar-refractivity contribution in [1.82, 2.24) is 14.9 Å². The highest BCUT2D eigenvalue weighted by molar-refractivity contribution is 5.76. The summed E-state index contributed by atoms with van der Waals surface area (Å²) < 4.78 is 20.4. The first-order chi connectivity index (χ1) is 12.6. The quantitative estimate of drug-likeness (QED) is 0.855. The molecule has 3 rings (SSSR count). The summed E-state index contributed by atoms with van der Waals surface area (Å²) in [6.45, 7) is 2.85. The SMILES string of the molecule is CCc1cc(=O)n(CC(=O)NCC2CCCO2)c(-c2cccc(F)c2)n1. The lowest BCUT2D eigenvalue weighted by atomic mass is 10.2. The topological polar surface area (TPSA) is 73.2 Å². The molecule has 0 spiro atoms. The number of benzene rings is 1. The number of nitrogens with zero attached hydrogens (tertiary/aromatic N) is 2. The van der Waals surface area contributed by atoms with Crippen molar-refractivity contribution in [2.24, 2.45) is 0 Å². The molecule has 2 aromatic rings. The maximum Gasteiger partial charge on any atom is 0.254 e. The summed E-state index contributed by atoms with van der Waals surface area (Å²) in [7, 11) is 0. The highest BCUT2D eigenvalue weighted by Crippen LogP contribution is 2.17. The van der Waals surface area contributed by atoms with E-state index in [0.717, 1.165) is 12.8 Å². The third-order valence-electron chi connectivity index (χ3n) is 4.36. The van der Waals surface area contributed by atoms with Crippen molar-refractivity contribution in [2.75, 3.05) is 13.2 Å². The van der Waals surface area contributed by atoms with E-state index in [2.05, 4.69) is 10.3 Å². The lowest BCUT2D eigenvalue weighted by Gasteiger charge is -2.15. The molecule has 0 bridgehead atoms. The van der Waals surface area contributed by atoms with Gasteiger partial charge in [0.25, 0.3) is 5.56 Å². The number of aryl methyl sites for hydroxylation is 1. The van der Waals surface area contributed by atoms with E-state index in [1.165, 1.54) is 22.8 Å². The van der Waals surface area contributed by atoms with Crippen molar-refractivity contribution in [3.8, 4) is 11.4 Å². The Kier molecular flexibility index (Phi) is 5.78. The molecular weight excluding hydrogens is 337 g/mol. The maximum atomic E-state index is 13.6. The molecule has 7 heteroatoms. The highest BCUT2D eigenvalue weighted by atomic mass is 19.1. The van der Waals surface area contributed by atoms with Crippen molar-refractivity contribution >= 4 is 5.91 Å². The van der Waals surface area contributed by atoms with Gasteiger partial charge < -0.3 is 10.1 Å². The molecule has 138 valence electrons. The molecule has 1 aliphatic rings. The molecule has 1 unspecified atom stereocenters. The lowest BCUT2D eigenvalue weighted by molar-refractivity contribution is -0.122. The normalized spacial score (nSPS) is 16.6. The van der Waals surface area contributed by atoms with Gasteiger partial charge in [0.15, 0.2) is 0 Å². The number of carbonyl (C=O) groups is 1. The summed E-state index contributed by atoms with van der Waals surface area (Å²) in [6, 6.07) is 7.27. The largest absolute Gasteiger partial charge is 0.376 e. The average Bonchev–Trinajstić information content (AvgIpc) is 3.15. The van der Waals surface area contributed by atoms with E-state index in [1.54, 1.807) is 12.1 Å². The molecule has 6 nitrogen and oxygen atoms in total. The summed E-state index contributed by atoms with van der Waals surface area (Å²) in [5.74, 6) is -0.430. The van der Waals surface area contributed by atoms with Gasteiger partial charge >= 0.3 is 0 Å². The maximum absolute atomic E-state index is 13.6. The molecule has 0 radical (unpaired) electrons. The second-order valence-electron chi connectivity index (χ2n) is 6.30. The zero-order valence-electron chi connectivity index (χ0n) is 14.7. The first kappa shape index (κ1) is 18.3. The predicted molar refractivity (Wildman–Crippen MR) is 95.3 cm³/mol. The van der Waals surface area contributed by atoms with Crippen LogP contribution in [0, 0.1) is 5.82 Å². The molecule has 1 aromatic carbocycles. The average molecular weight is 359 g/mol. The van der Waals surface area contributed by atoms with E-state index < -0.39 is 5.82 Å². The van der Waals surface area contributed by atoms with Gasteiger partial charge in [-0.05, 0) is 31.4 Å². The number of nitrogens with one attached hydrogen (secondary N) is 1. The Balaban J connectivity index is 1.85. The Morgan fingerprint density at radius 3 is 2.96 bits per heavy atom. The van der Waals surface area contributed by atoms with E-state index in [9.17, 15) is 14.0 Å². The van der Waals surface area contributed by atoms with Crippen molar-refractivity contribution in [3.05, 3.63) is 52.2 Å². The second-order valence-corrected chi connectivity index (χ2v) is 6.30. The van der Waals surface area contributed by atoms with Crippen LogP contribution in [0.25, 0.3) is 11.4 Å². The summed E-state index contributed by atoms with van der Waals surface area (Å²) in [5, 5.41) is 2.79. The van der Waals surface area contributed by atoms with Gasteiger partial charge in [0, 0.05) is 30.5 Å². The highest BCUT2D eigenvalue weighted by Gasteiger charge is 2.18. The second kappa shape index (κ2) is 8.23.